The van der Waals surface area contributed by atoms with Gasteiger partial charge in [-0.15, -0.1) is 0 Å². The summed E-state index contributed by atoms with van der Waals surface area (Å²) in [5.41, 5.74) is -0.892. The first-order chi connectivity index (χ1) is 8.65. The Labute approximate surface area is 103 Å². The van der Waals surface area contributed by atoms with Crippen LogP contribution in [0.1, 0.15) is 6.42 Å². The van der Waals surface area contributed by atoms with Crippen molar-refractivity contribution < 1.29 is 19.7 Å². The topological polar surface area (TPSA) is 116 Å². The summed E-state index contributed by atoms with van der Waals surface area (Å²) in [5, 5.41) is 24.3. The molecule has 3 aliphatic heterocycles. The van der Waals surface area contributed by atoms with Gasteiger partial charge < -0.3 is 25.6 Å². The van der Waals surface area contributed by atoms with Gasteiger partial charge in [-0.1, -0.05) is 0 Å². The monoisotopic (exact) mass is 254 g/mol. The van der Waals surface area contributed by atoms with Crippen LogP contribution >= 0.6 is 0 Å². The molecule has 0 aliphatic carbocycles. The van der Waals surface area contributed by atoms with Crippen molar-refractivity contribution in [1.82, 2.24) is 10.6 Å². The lowest BCUT2D eigenvalue weighted by atomic mass is 9.88. The minimum atomic E-state index is -0.892. The molecule has 0 saturated carbocycles. The first kappa shape index (κ1) is 11.6. The smallest absolute Gasteiger partial charge is 0.317 e. The molecule has 3 aliphatic rings. The Morgan fingerprint density at radius 2 is 2.44 bits per heavy atom. The number of ether oxygens (including phenoxy) is 1. The van der Waals surface area contributed by atoms with Gasteiger partial charge in [-0.2, -0.15) is 0 Å². The molecule has 0 aromatic rings. The summed E-state index contributed by atoms with van der Waals surface area (Å²) in [6, 6.07) is -0.351. The van der Waals surface area contributed by atoms with E-state index < -0.39 is 30.0 Å². The number of fused-ring (bicyclic) bond motifs is 1. The van der Waals surface area contributed by atoms with Gasteiger partial charge in [0.2, 0.25) is 0 Å². The zero-order valence-corrected chi connectivity index (χ0v) is 9.48. The van der Waals surface area contributed by atoms with Crippen LogP contribution in [0.3, 0.4) is 0 Å². The third-order valence-electron chi connectivity index (χ3n) is 3.56. The number of hydrogen-bond donors (Lipinski definition) is 4. The molecule has 0 spiro atoms. The molecule has 0 aromatic carbocycles. The third kappa shape index (κ3) is 1.53. The highest BCUT2D eigenvalue weighted by atomic mass is 16.5. The number of rotatable bonds is 2. The van der Waals surface area contributed by atoms with Crippen molar-refractivity contribution in [2.45, 2.75) is 36.4 Å². The zero-order valence-electron chi connectivity index (χ0n) is 9.48. The van der Waals surface area contributed by atoms with E-state index in [1.807, 2.05) is 0 Å². The fourth-order valence-corrected chi connectivity index (χ4v) is 2.61. The molecule has 2 fully saturated rings. The molecule has 0 bridgehead atoms. The van der Waals surface area contributed by atoms with Crippen LogP contribution in [0.5, 0.6) is 0 Å². The second-order valence-electron chi connectivity index (χ2n) is 4.63. The van der Waals surface area contributed by atoms with Gasteiger partial charge in [0.15, 0.2) is 6.17 Å². The first-order valence-corrected chi connectivity index (χ1v) is 5.75. The number of nitrogens with one attached hydrogen (secondary N) is 2. The van der Waals surface area contributed by atoms with Crippen LogP contribution in [0.15, 0.2) is 9.98 Å². The van der Waals surface area contributed by atoms with E-state index in [1.54, 1.807) is 6.21 Å². The molecule has 98 valence electrons. The van der Waals surface area contributed by atoms with Gasteiger partial charge in [-0.05, 0) is 0 Å². The number of nitrogens with zero attached hydrogens (tertiary/aromatic N) is 2. The average molecular weight is 254 g/mol. The molecule has 0 aromatic heterocycles. The zero-order chi connectivity index (χ0) is 12.8. The van der Waals surface area contributed by atoms with E-state index in [4.69, 9.17) is 9.84 Å². The van der Waals surface area contributed by atoms with Gasteiger partial charge in [0.05, 0.1) is 18.8 Å². The first-order valence-electron chi connectivity index (χ1n) is 5.75. The third-order valence-corrected chi connectivity index (χ3v) is 3.56. The molecule has 2 unspecified atom stereocenters. The lowest BCUT2D eigenvalue weighted by Crippen LogP contribution is -2.60. The number of hydrogen-bond acceptors (Lipinski definition) is 6. The van der Waals surface area contributed by atoms with Gasteiger partial charge in [0.25, 0.3) is 0 Å². The average Bonchev–Trinajstić information content (AvgIpc) is 2.89. The lowest BCUT2D eigenvalue weighted by Gasteiger charge is -2.34. The molecule has 3 rings (SSSR count). The number of carbonyl (C=O) groups excluding carboxylic acids is 1. The van der Waals surface area contributed by atoms with Gasteiger partial charge in [0, 0.05) is 12.6 Å². The standard InChI is InChI=1S/C10H14N4O4/c15-2-6-5(16)1-7(18-6)10-3-11-4-12-8(10)13-9(17)14-10/h3-8,15-16H,1-2H2,(H2,13,14,17)/t5-,6+,7+,8?,10?/m0/s1. The molecule has 8 heteroatoms. The van der Waals surface area contributed by atoms with Crippen molar-refractivity contribution in [2.24, 2.45) is 9.98 Å². The van der Waals surface area contributed by atoms with Crippen LogP contribution in [0.4, 0.5) is 4.79 Å². The van der Waals surface area contributed by atoms with Crippen molar-refractivity contribution in [3.8, 4) is 0 Å². The fourth-order valence-electron chi connectivity index (χ4n) is 2.61. The Morgan fingerprint density at radius 1 is 1.61 bits per heavy atom. The lowest BCUT2D eigenvalue weighted by molar-refractivity contribution is -0.0381. The summed E-state index contributed by atoms with van der Waals surface area (Å²) in [4.78, 5) is 19.5. The van der Waals surface area contributed by atoms with E-state index >= 15 is 0 Å². The van der Waals surface area contributed by atoms with Gasteiger partial charge >= 0.3 is 6.03 Å². The molecule has 18 heavy (non-hydrogen) atoms. The van der Waals surface area contributed by atoms with Gasteiger partial charge in [0.1, 0.15) is 18.0 Å². The predicted molar refractivity (Wildman–Crippen MR) is 61.5 cm³/mol. The molecular weight excluding hydrogens is 240 g/mol. The summed E-state index contributed by atoms with van der Waals surface area (Å²) in [7, 11) is 0. The Morgan fingerprint density at radius 3 is 3.17 bits per heavy atom. The van der Waals surface area contributed by atoms with E-state index in [0.717, 1.165) is 0 Å². The molecule has 0 radical (unpaired) electrons. The van der Waals surface area contributed by atoms with Crippen LogP contribution in [-0.4, -0.2) is 65.4 Å². The Bertz CT molecular complexity index is 426. The van der Waals surface area contributed by atoms with Gasteiger partial charge in [-0.25, -0.2) is 14.8 Å². The molecule has 5 atom stereocenters. The summed E-state index contributed by atoms with van der Waals surface area (Å²) < 4.78 is 5.60. The second-order valence-corrected chi connectivity index (χ2v) is 4.63. The van der Waals surface area contributed by atoms with Crippen LogP contribution in [-0.2, 0) is 4.74 Å². The maximum atomic E-state index is 11.5. The SMILES string of the molecule is O=C1NC2N=CN=CC2([C@H]2C[C@H](O)[C@@H](CO)O2)N1. The van der Waals surface area contributed by atoms with Gasteiger partial charge in [-0.3, -0.25) is 0 Å². The highest BCUT2D eigenvalue weighted by Crippen LogP contribution is 2.33. The number of aliphatic hydroxyl groups is 2. The second kappa shape index (κ2) is 4.01. The van der Waals surface area contributed by atoms with Crippen molar-refractivity contribution in [1.29, 1.82) is 0 Å². The largest absolute Gasteiger partial charge is 0.394 e. The Kier molecular flexibility index (Phi) is 2.58. The fraction of sp³-hybridized carbons (Fsp3) is 0.700. The predicted octanol–water partition coefficient (Wildman–Crippen LogP) is -2.01. The molecule has 2 amide bonds. The summed E-state index contributed by atoms with van der Waals surface area (Å²) in [6.07, 6.45) is 0.872. The van der Waals surface area contributed by atoms with Crippen molar-refractivity contribution in [2.75, 3.05) is 6.61 Å². The van der Waals surface area contributed by atoms with E-state index in [1.165, 1.54) is 6.34 Å². The minimum absolute atomic E-state index is 0.264. The maximum Gasteiger partial charge on any atom is 0.317 e. The van der Waals surface area contributed by atoms with E-state index in [0.29, 0.717) is 6.42 Å². The molecule has 4 N–H and O–H groups in total. The Hall–Kier alpha value is -1.51. The number of urea groups is 1. The number of aliphatic hydroxyl groups excluding tert-OH is 2. The van der Waals surface area contributed by atoms with E-state index in [9.17, 15) is 9.90 Å². The quantitative estimate of drug-likeness (QED) is 0.455. The van der Waals surface area contributed by atoms with Crippen molar-refractivity contribution in [3.05, 3.63) is 0 Å². The number of carbonyl (C=O) groups is 1. The van der Waals surface area contributed by atoms with Crippen LogP contribution < -0.4 is 10.6 Å². The normalized spacial score (nSPS) is 45.8. The van der Waals surface area contributed by atoms with E-state index in [-0.39, 0.29) is 12.6 Å². The van der Waals surface area contributed by atoms with Crippen LogP contribution in [0.25, 0.3) is 0 Å². The Balaban J connectivity index is 1.88. The minimum Gasteiger partial charge on any atom is -0.394 e. The highest BCUT2D eigenvalue weighted by Gasteiger charge is 2.56. The summed E-state index contributed by atoms with van der Waals surface area (Å²) in [6.45, 7) is -0.264. The molecular formula is C10H14N4O4. The number of amides is 2. The summed E-state index contributed by atoms with van der Waals surface area (Å²) in [5.74, 6) is 0. The summed E-state index contributed by atoms with van der Waals surface area (Å²) >= 11 is 0. The van der Waals surface area contributed by atoms with Crippen LogP contribution in [0.2, 0.25) is 0 Å². The van der Waals surface area contributed by atoms with E-state index in [2.05, 4.69) is 20.6 Å². The number of aliphatic imine (C=N–C) groups is 2. The van der Waals surface area contributed by atoms with Crippen molar-refractivity contribution in [3.63, 3.8) is 0 Å². The molecule has 3 heterocycles. The highest BCUT2D eigenvalue weighted by molar-refractivity contribution is 5.92. The van der Waals surface area contributed by atoms with Crippen molar-refractivity contribution >= 4 is 18.6 Å². The molecule has 2 saturated heterocycles. The van der Waals surface area contributed by atoms with Crippen LogP contribution in [0, 0.1) is 0 Å². The molecule has 8 nitrogen and oxygen atoms in total. The maximum absolute atomic E-state index is 11.5.